The Bertz CT molecular complexity index is 1560. The molecule has 0 aliphatic carbocycles. The van der Waals surface area contributed by atoms with E-state index < -0.39 is 11.7 Å². The second kappa shape index (κ2) is 11.7. The fourth-order valence-corrected chi connectivity index (χ4v) is 5.13. The van der Waals surface area contributed by atoms with Crippen LogP contribution in [0.2, 0.25) is 0 Å². The van der Waals surface area contributed by atoms with E-state index >= 15 is 0 Å². The summed E-state index contributed by atoms with van der Waals surface area (Å²) < 4.78 is 44.0. The Morgan fingerprint density at radius 1 is 0.950 bits per heavy atom. The van der Waals surface area contributed by atoms with Crippen LogP contribution in [-0.2, 0) is 25.7 Å². The summed E-state index contributed by atoms with van der Waals surface area (Å²) in [5.41, 5.74) is 4.91. The molecule has 0 bridgehead atoms. The van der Waals surface area contributed by atoms with E-state index in [0.29, 0.717) is 30.2 Å². The fourth-order valence-electron chi connectivity index (χ4n) is 5.13. The second-order valence-electron chi connectivity index (χ2n) is 10.3. The molecule has 1 fully saturated rings. The van der Waals surface area contributed by atoms with E-state index in [4.69, 9.17) is 0 Å². The molecule has 9 heteroatoms. The highest BCUT2D eigenvalue weighted by atomic mass is 19.4. The highest BCUT2D eigenvalue weighted by molar-refractivity contribution is 5.55. The lowest BCUT2D eigenvalue weighted by Crippen LogP contribution is -2.44. The molecule has 0 radical (unpaired) electrons. The van der Waals surface area contributed by atoms with Crippen LogP contribution in [-0.4, -0.2) is 57.6 Å². The molecule has 0 atom stereocenters. The number of nitrogens with zero attached hydrogens (tertiary/aromatic N) is 5. The zero-order valence-corrected chi connectivity index (χ0v) is 23.0. The summed E-state index contributed by atoms with van der Waals surface area (Å²) >= 11 is 0. The van der Waals surface area contributed by atoms with Gasteiger partial charge in [0.25, 0.3) is 0 Å². The van der Waals surface area contributed by atoms with Gasteiger partial charge in [0.15, 0.2) is 5.65 Å². The number of rotatable bonds is 6. The number of fused-ring (bicyclic) bond motifs is 1. The Morgan fingerprint density at radius 3 is 2.48 bits per heavy atom. The zero-order chi connectivity index (χ0) is 28.3. The number of halogens is 3. The topological polar surface area (TPSA) is 48.7 Å². The van der Waals surface area contributed by atoms with Gasteiger partial charge in [-0.25, -0.2) is 0 Å². The van der Waals surface area contributed by atoms with Gasteiger partial charge in [-0.2, -0.15) is 13.2 Å². The van der Waals surface area contributed by atoms with Gasteiger partial charge >= 0.3 is 6.18 Å². The first-order chi connectivity index (χ1) is 19.2. The third kappa shape index (κ3) is 6.14. The number of anilines is 1. The highest BCUT2D eigenvalue weighted by Crippen LogP contribution is 2.35. The largest absolute Gasteiger partial charge is 0.416 e. The molecule has 1 N–H and O–H groups in total. The van der Waals surface area contributed by atoms with Crippen molar-refractivity contribution in [1.29, 1.82) is 0 Å². The SMILES string of the molecule is CCc1c(CNc2ccc(CN3CCN(C)CC3)c(C(F)(F)F)c2)ccc(C)c1C#Cc1nnc2ccccn12. The third-order valence-electron chi connectivity index (χ3n) is 7.47. The summed E-state index contributed by atoms with van der Waals surface area (Å²) in [6, 6.07) is 14.3. The second-order valence-corrected chi connectivity index (χ2v) is 10.3. The minimum absolute atomic E-state index is 0.296. The van der Waals surface area contributed by atoms with Crippen LogP contribution in [0, 0.1) is 18.8 Å². The van der Waals surface area contributed by atoms with Crippen LogP contribution >= 0.6 is 0 Å². The predicted molar refractivity (Wildman–Crippen MR) is 151 cm³/mol. The monoisotopic (exact) mass is 546 g/mol. The van der Waals surface area contributed by atoms with E-state index in [0.717, 1.165) is 60.5 Å². The Kier molecular flexibility index (Phi) is 8.10. The van der Waals surface area contributed by atoms with Crippen LogP contribution in [0.3, 0.4) is 0 Å². The number of benzene rings is 2. The average molecular weight is 547 g/mol. The van der Waals surface area contributed by atoms with Crippen molar-refractivity contribution >= 4 is 11.3 Å². The molecule has 208 valence electrons. The van der Waals surface area contributed by atoms with Gasteiger partial charge in [-0.15, -0.1) is 10.2 Å². The van der Waals surface area contributed by atoms with Crippen molar-refractivity contribution in [2.75, 3.05) is 38.5 Å². The minimum Gasteiger partial charge on any atom is -0.381 e. The first-order valence-corrected chi connectivity index (χ1v) is 13.5. The predicted octanol–water partition coefficient (Wildman–Crippen LogP) is 5.38. The van der Waals surface area contributed by atoms with E-state index in [1.54, 1.807) is 12.1 Å². The Morgan fingerprint density at radius 2 is 1.73 bits per heavy atom. The zero-order valence-electron chi connectivity index (χ0n) is 23.0. The normalized spacial score (nSPS) is 14.8. The lowest BCUT2D eigenvalue weighted by atomic mass is 9.94. The summed E-state index contributed by atoms with van der Waals surface area (Å²) in [5.74, 6) is 6.99. The van der Waals surface area contributed by atoms with Crippen molar-refractivity contribution in [3.05, 3.63) is 93.9 Å². The van der Waals surface area contributed by atoms with Crippen molar-refractivity contribution in [3.8, 4) is 11.8 Å². The summed E-state index contributed by atoms with van der Waals surface area (Å²) in [4.78, 5) is 4.28. The van der Waals surface area contributed by atoms with Crippen molar-refractivity contribution in [2.24, 2.45) is 0 Å². The van der Waals surface area contributed by atoms with Gasteiger partial charge in [-0.05, 0) is 72.8 Å². The third-order valence-corrected chi connectivity index (χ3v) is 7.47. The maximum atomic E-state index is 14.0. The Labute approximate surface area is 232 Å². The fraction of sp³-hybridized carbons (Fsp3) is 0.355. The summed E-state index contributed by atoms with van der Waals surface area (Å²) in [6.07, 6.45) is -1.81. The van der Waals surface area contributed by atoms with E-state index in [2.05, 4.69) is 44.1 Å². The van der Waals surface area contributed by atoms with Crippen LogP contribution in [0.25, 0.3) is 5.65 Å². The van der Waals surface area contributed by atoms with Crippen LogP contribution in [0.4, 0.5) is 18.9 Å². The van der Waals surface area contributed by atoms with Gasteiger partial charge in [0, 0.05) is 56.7 Å². The average Bonchev–Trinajstić information content (AvgIpc) is 3.35. The molecule has 0 unspecified atom stereocenters. The quantitative estimate of drug-likeness (QED) is 0.329. The Hall–Kier alpha value is -3.87. The molecule has 1 aliphatic rings. The molecule has 3 heterocycles. The number of hydrogen-bond donors (Lipinski definition) is 1. The maximum Gasteiger partial charge on any atom is 0.416 e. The molecular formula is C31H33F3N6. The summed E-state index contributed by atoms with van der Waals surface area (Å²) in [7, 11) is 2.03. The lowest BCUT2D eigenvalue weighted by Gasteiger charge is -2.33. The van der Waals surface area contributed by atoms with Crippen LogP contribution in [0.15, 0.2) is 54.7 Å². The molecule has 1 aliphatic heterocycles. The van der Waals surface area contributed by atoms with Crippen LogP contribution in [0.5, 0.6) is 0 Å². The standard InChI is InChI=1S/C31H33F3N6/c1-4-26-23(9-8-22(2)27(26)12-13-30-37-36-29-7-5-6-14-40(29)30)20-35-25-11-10-24(28(19-25)31(32,33)34)21-39-17-15-38(3)16-18-39/h5-11,14,19,35H,4,15-18,20-21H2,1-3H3. The Balaban J connectivity index is 1.37. The number of alkyl halides is 3. The number of nitrogens with one attached hydrogen (secondary N) is 1. The molecule has 6 nitrogen and oxygen atoms in total. The van der Waals surface area contributed by atoms with Crippen molar-refractivity contribution in [1.82, 2.24) is 24.4 Å². The molecule has 5 rings (SSSR count). The number of aryl methyl sites for hydroxylation is 1. The number of aromatic nitrogens is 3. The van der Waals surface area contributed by atoms with E-state index in [9.17, 15) is 13.2 Å². The molecule has 2 aromatic heterocycles. The molecule has 0 saturated carbocycles. The molecule has 1 saturated heterocycles. The van der Waals surface area contributed by atoms with E-state index in [1.165, 1.54) is 6.07 Å². The first-order valence-electron chi connectivity index (χ1n) is 13.5. The lowest BCUT2D eigenvalue weighted by molar-refractivity contribution is -0.138. The van der Waals surface area contributed by atoms with Gasteiger partial charge in [-0.1, -0.05) is 37.1 Å². The van der Waals surface area contributed by atoms with Crippen LogP contribution < -0.4 is 5.32 Å². The number of piperazine rings is 1. The maximum absolute atomic E-state index is 14.0. The smallest absolute Gasteiger partial charge is 0.381 e. The van der Waals surface area contributed by atoms with Gasteiger partial charge in [-0.3, -0.25) is 9.30 Å². The molecule has 4 aromatic rings. The number of pyridine rings is 1. The van der Waals surface area contributed by atoms with Gasteiger partial charge in [0.05, 0.1) is 5.56 Å². The first kappa shape index (κ1) is 27.7. The minimum atomic E-state index is -4.42. The van der Waals surface area contributed by atoms with Gasteiger partial charge in [0.2, 0.25) is 5.82 Å². The van der Waals surface area contributed by atoms with E-state index in [-0.39, 0.29) is 0 Å². The molecule has 0 spiro atoms. The van der Waals surface area contributed by atoms with E-state index in [1.807, 2.05) is 54.9 Å². The van der Waals surface area contributed by atoms with Crippen LogP contribution in [0.1, 0.15) is 46.1 Å². The molecule has 2 aromatic carbocycles. The number of hydrogen-bond acceptors (Lipinski definition) is 5. The highest BCUT2D eigenvalue weighted by Gasteiger charge is 2.34. The summed E-state index contributed by atoms with van der Waals surface area (Å²) in [5, 5.41) is 11.6. The molecular weight excluding hydrogens is 513 g/mol. The van der Waals surface area contributed by atoms with Crippen molar-refractivity contribution < 1.29 is 13.2 Å². The molecule has 0 amide bonds. The van der Waals surface area contributed by atoms with Gasteiger partial charge < -0.3 is 10.2 Å². The molecule has 40 heavy (non-hydrogen) atoms. The van der Waals surface area contributed by atoms with Gasteiger partial charge in [0.1, 0.15) is 0 Å². The van der Waals surface area contributed by atoms with Crippen molar-refractivity contribution in [3.63, 3.8) is 0 Å². The van der Waals surface area contributed by atoms with Crippen molar-refractivity contribution in [2.45, 2.75) is 39.5 Å². The number of likely N-dealkylation sites (N-methyl/N-ethyl adjacent to an activating group) is 1. The summed E-state index contributed by atoms with van der Waals surface area (Å²) in [6.45, 7) is 8.00.